The second-order valence-electron chi connectivity index (χ2n) is 29.7. The van der Waals surface area contributed by atoms with Gasteiger partial charge in [0, 0.05) is 25.7 Å². The van der Waals surface area contributed by atoms with Crippen molar-refractivity contribution in [3.8, 4) is 0 Å². The van der Waals surface area contributed by atoms with Crippen LogP contribution in [0.1, 0.15) is 389 Å². The number of phosphoric acid groups is 2. The van der Waals surface area contributed by atoms with E-state index in [0.29, 0.717) is 37.5 Å². The van der Waals surface area contributed by atoms with Crippen molar-refractivity contribution >= 4 is 39.5 Å². The Morgan fingerprint density at radius 1 is 0.260 bits per heavy atom. The van der Waals surface area contributed by atoms with E-state index in [0.717, 1.165) is 108 Å². The van der Waals surface area contributed by atoms with E-state index < -0.39 is 97.5 Å². The molecule has 0 amide bonds. The zero-order valence-corrected chi connectivity index (χ0v) is 64.8. The SMILES string of the molecule is CC(C)CCCCCCCCCCCCCCCCCCCCC(=O)OC[C@H](COP(=O)(O)OCC(O)COP(=O)(O)OC[C@@H](COC(=O)CCCCCCCCCC(C)C)OC(=O)CCCCCCCCC(C)C)OC(=O)CCCCCCCCCCCCCCCC(C)C. The van der Waals surface area contributed by atoms with Gasteiger partial charge < -0.3 is 33.8 Å². The van der Waals surface area contributed by atoms with E-state index in [1.165, 1.54) is 186 Å². The average Bonchev–Trinajstić information content (AvgIpc) is 1.49. The Bertz CT molecular complexity index is 1880. The highest BCUT2D eigenvalue weighted by Gasteiger charge is 2.30. The third kappa shape index (κ3) is 70.5. The van der Waals surface area contributed by atoms with Crippen molar-refractivity contribution in [3.63, 3.8) is 0 Å². The average molecular weight is 1410 g/mol. The Hall–Kier alpha value is -1.94. The molecule has 3 unspecified atom stereocenters. The fourth-order valence-electron chi connectivity index (χ4n) is 11.7. The summed E-state index contributed by atoms with van der Waals surface area (Å²) in [5, 5.41) is 10.6. The second-order valence-corrected chi connectivity index (χ2v) is 32.6. The van der Waals surface area contributed by atoms with Crippen molar-refractivity contribution in [1.82, 2.24) is 0 Å². The second kappa shape index (κ2) is 66.3. The largest absolute Gasteiger partial charge is 0.472 e. The number of aliphatic hydroxyl groups excluding tert-OH is 1. The standard InChI is InChI=1S/C77H150O17P2/c1-67(2)53-45-37-29-24-20-16-13-11-9-10-12-14-18-22-26-32-41-49-57-74(79)87-63-72(93-76(81)59-51-43-33-27-23-19-15-17-21-25-30-38-46-54-68(3)4)65-91-95(83,84)89-61-71(78)62-90-96(85,86)92-66-73(94-77(82)60-52-44-36-35-40-48-56-70(7)8)64-88-75(80)58-50-42-34-28-31-39-47-55-69(5)6/h67-73,78H,9-66H2,1-8H3,(H,83,84)(H,85,86)/t71?,72-,73-/m1/s1. The normalized spacial score (nSPS) is 14.1. The van der Waals surface area contributed by atoms with Crippen LogP contribution in [0.4, 0.5) is 0 Å². The topological polar surface area (TPSA) is 237 Å². The van der Waals surface area contributed by atoms with Crippen molar-refractivity contribution in [2.75, 3.05) is 39.6 Å². The van der Waals surface area contributed by atoms with E-state index in [-0.39, 0.29) is 25.7 Å². The molecule has 96 heavy (non-hydrogen) atoms. The van der Waals surface area contributed by atoms with Crippen LogP contribution in [0.15, 0.2) is 0 Å². The third-order valence-electron chi connectivity index (χ3n) is 17.8. The van der Waals surface area contributed by atoms with Crippen molar-refractivity contribution < 1.29 is 80.2 Å². The summed E-state index contributed by atoms with van der Waals surface area (Å²) >= 11 is 0. The fraction of sp³-hybridized carbons (Fsp3) is 0.948. The number of carbonyl (C=O) groups is 4. The van der Waals surface area contributed by atoms with Crippen LogP contribution in [-0.4, -0.2) is 96.7 Å². The minimum atomic E-state index is -4.96. The van der Waals surface area contributed by atoms with Crippen LogP contribution in [0.5, 0.6) is 0 Å². The van der Waals surface area contributed by atoms with Crippen LogP contribution >= 0.6 is 15.6 Å². The molecule has 0 aliphatic heterocycles. The molecule has 19 heteroatoms. The molecule has 0 aromatic carbocycles. The summed E-state index contributed by atoms with van der Waals surface area (Å²) in [5.41, 5.74) is 0. The van der Waals surface area contributed by atoms with Crippen molar-refractivity contribution in [2.45, 2.75) is 408 Å². The van der Waals surface area contributed by atoms with Gasteiger partial charge in [0.2, 0.25) is 0 Å². The minimum absolute atomic E-state index is 0.101. The Morgan fingerprint density at radius 2 is 0.438 bits per heavy atom. The van der Waals surface area contributed by atoms with Gasteiger partial charge in [0.15, 0.2) is 12.2 Å². The summed E-state index contributed by atoms with van der Waals surface area (Å²) in [7, 11) is -9.91. The third-order valence-corrected chi connectivity index (χ3v) is 19.7. The van der Waals surface area contributed by atoms with Crippen molar-refractivity contribution in [3.05, 3.63) is 0 Å². The first-order valence-electron chi connectivity index (χ1n) is 39.7. The van der Waals surface area contributed by atoms with Gasteiger partial charge in [0.1, 0.15) is 19.3 Å². The molecule has 17 nitrogen and oxygen atoms in total. The Kier molecular flexibility index (Phi) is 65.0. The molecule has 570 valence electrons. The van der Waals surface area contributed by atoms with Gasteiger partial charge in [-0.25, -0.2) is 9.13 Å². The van der Waals surface area contributed by atoms with Gasteiger partial charge in [0.25, 0.3) is 0 Å². The van der Waals surface area contributed by atoms with Crippen LogP contribution in [0.2, 0.25) is 0 Å². The zero-order valence-electron chi connectivity index (χ0n) is 63.0. The number of carbonyl (C=O) groups excluding carboxylic acids is 4. The maximum absolute atomic E-state index is 13.1. The van der Waals surface area contributed by atoms with Gasteiger partial charge in [-0.1, -0.05) is 338 Å². The predicted molar refractivity (Wildman–Crippen MR) is 391 cm³/mol. The van der Waals surface area contributed by atoms with Gasteiger partial charge in [-0.2, -0.15) is 0 Å². The summed E-state index contributed by atoms with van der Waals surface area (Å²) in [6.07, 6.45) is 51.8. The highest BCUT2D eigenvalue weighted by molar-refractivity contribution is 7.47. The first-order valence-corrected chi connectivity index (χ1v) is 42.7. The number of unbranched alkanes of at least 4 members (excludes halogenated alkanes) is 40. The Balaban J connectivity index is 5.17. The molecule has 0 aromatic rings. The van der Waals surface area contributed by atoms with Crippen molar-refractivity contribution in [2.24, 2.45) is 23.7 Å². The van der Waals surface area contributed by atoms with E-state index in [4.69, 9.17) is 37.0 Å². The van der Waals surface area contributed by atoms with E-state index in [1.54, 1.807) is 0 Å². The number of rotatable bonds is 74. The first kappa shape index (κ1) is 94.1. The van der Waals surface area contributed by atoms with Gasteiger partial charge in [-0.3, -0.25) is 37.3 Å². The molecule has 0 saturated carbocycles. The maximum atomic E-state index is 13.1. The molecular formula is C77H150O17P2. The number of esters is 4. The van der Waals surface area contributed by atoms with Gasteiger partial charge >= 0.3 is 39.5 Å². The van der Waals surface area contributed by atoms with Crippen LogP contribution < -0.4 is 0 Å². The lowest BCUT2D eigenvalue weighted by atomic mass is 10.0. The molecular weight excluding hydrogens is 1260 g/mol. The van der Waals surface area contributed by atoms with E-state index in [1.807, 2.05) is 0 Å². The quantitative estimate of drug-likeness (QED) is 0.0222. The Labute approximate surface area is 588 Å². The first-order chi connectivity index (χ1) is 46.1. The molecule has 3 N–H and O–H groups in total. The van der Waals surface area contributed by atoms with Gasteiger partial charge in [0.05, 0.1) is 26.4 Å². The van der Waals surface area contributed by atoms with Crippen molar-refractivity contribution in [1.29, 1.82) is 0 Å². The smallest absolute Gasteiger partial charge is 0.462 e. The summed E-state index contributed by atoms with van der Waals surface area (Å²) in [5.74, 6) is 0.858. The summed E-state index contributed by atoms with van der Waals surface area (Å²) in [6, 6.07) is 0. The number of hydrogen-bond donors (Lipinski definition) is 3. The fourth-order valence-corrected chi connectivity index (χ4v) is 13.3. The Morgan fingerprint density at radius 3 is 0.646 bits per heavy atom. The summed E-state index contributed by atoms with van der Waals surface area (Å²) in [4.78, 5) is 72.7. The maximum Gasteiger partial charge on any atom is 0.472 e. The zero-order chi connectivity index (χ0) is 71.0. The molecule has 0 aromatic heterocycles. The molecule has 0 aliphatic rings. The van der Waals surface area contributed by atoms with Gasteiger partial charge in [-0.15, -0.1) is 0 Å². The molecule has 0 radical (unpaired) electrons. The highest BCUT2D eigenvalue weighted by atomic mass is 31.2. The molecule has 0 aliphatic carbocycles. The lowest BCUT2D eigenvalue weighted by Gasteiger charge is -2.21. The molecule has 5 atom stereocenters. The van der Waals surface area contributed by atoms with E-state index in [9.17, 15) is 43.2 Å². The lowest BCUT2D eigenvalue weighted by molar-refractivity contribution is -0.161. The monoisotopic (exact) mass is 1410 g/mol. The number of hydrogen-bond acceptors (Lipinski definition) is 15. The van der Waals surface area contributed by atoms with Crippen LogP contribution in [0.3, 0.4) is 0 Å². The summed E-state index contributed by atoms with van der Waals surface area (Å²) in [6.45, 7) is 14.1. The number of ether oxygens (including phenoxy) is 4. The van der Waals surface area contributed by atoms with Crippen LogP contribution in [0, 0.1) is 23.7 Å². The van der Waals surface area contributed by atoms with E-state index in [2.05, 4.69) is 55.4 Å². The lowest BCUT2D eigenvalue weighted by Crippen LogP contribution is -2.30. The van der Waals surface area contributed by atoms with Gasteiger partial charge in [-0.05, 0) is 49.4 Å². The minimum Gasteiger partial charge on any atom is -0.462 e. The van der Waals surface area contributed by atoms with E-state index >= 15 is 0 Å². The predicted octanol–water partition coefficient (Wildman–Crippen LogP) is 22.4. The highest BCUT2D eigenvalue weighted by Crippen LogP contribution is 2.45. The number of aliphatic hydroxyl groups is 1. The van der Waals surface area contributed by atoms with Crippen LogP contribution in [-0.2, 0) is 65.4 Å². The molecule has 0 bridgehead atoms. The molecule has 0 spiro atoms. The summed E-state index contributed by atoms with van der Waals surface area (Å²) < 4.78 is 68.4. The molecule has 0 fully saturated rings. The van der Waals surface area contributed by atoms with Crippen LogP contribution in [0.25, 0.3) is 0 Å². The molecule has 0 heterocycles. The molecule has 0 saturated heterocycles. The number of phosphoric ester groups is 2. The molecule has 0 rings (SSSR count).